The molecule has 0 radical (unpaired) electrons. The number of hydrogen-bond acceptors (Lipinski definition) is 4. The van der Waals surface area contributed by atoms with E-state index >= 15 is 0 Å². The Morgan fingerprint density at radius 3 is 2.52 bits per heavy atom. The molecule has 0 spiro atoms. The van der Waals surface area contributed by atoms with Crippen molar-refractivity contribution in [2.24, 2.45) is 0 Å². The Hall–Kier alpha value is -2.73. The number of ketones is 2. The zero-order valence-corrected chi connectivity index (χ0v) is 16.3. The van der Waals surface area contributed by atoms with E-state index in [-0.39, 0.29) is 24.4 Å². The van der Waals surface area contributed by atoms with Gasteiger partial charge in [-0.05, 0) is 23.3 Å². The molecular weight excluding hydrogens is 410 g/mol. The normalized spacial score (nSPS) is 15.2. The van der Waals surface area contributed by atoms with E-state index in [1.807, 2.05) is 24.3 Å². The molecule has 5 nitrogen and oxygen atoms in total. The summed E-state index contributed by atoms with van der Waals surface area (Å²) < 4.78 is 5.72. The molecule has 1 atom stereocenters. The van der Waals surface area contributed by atoms with Crippen LogP contribution in [0.5, 0.6) is 0 Å². The van der Waals surface area contributed by atoms with Gasteiger partial charge in [0.1, 0.15) is 5.78 Å². The fourth-order valence-corrected chi connectivity index (χ4v) is 3.64. The third-order valence-electron chi connectivity index (χ3n) is 4.44. The maximum Gasteiger partial charge on any atom is 0.414 e. The van der Waals surface area contributed by atoms with E-state index < -0.39 is 12.1 Å². The van der Waals surface area contributed by atoms with Gasteiger partial charge in [-0.25, -0.2) is 4.79 Å². The van der Waals surface area contributed by atoms with Crippen molar-refractivity contribution < 1.29 is 19.1 Å². The summed E-state index contributed by atoms with van der Waals surface area (Å²) in [5.41, 5.74) is 2.24. The topological polar surface area (TPSA) is 63.7 Å². The van der Waals surface area contributed by atoms with Crippen molar-refractivity contribution in [3.63, 3.8) is 0 Å². The van der Waals surface area contributed by atoms with E-state index in [0.717, 1.165) is 15.6 Å². The van der Waals surface area contributed by atoms with Gasteiger partial charge in [0.25, 0.3) is 0 Å². The molecule has 0 saturated heterocycles. The fraction of sp³-hybridized carbons (Fsp3) is 0.190. The van der Waals surface area contributed by atoms with Gasteiger partial charge < -0.3 is 4.74 Å². The van der Waals surface area contributed by atoms with E-state index in [1.54, 1.807) is 36.5 Å². The Kier molecular flexibility index (Phi) is 5.86. The molecule has 0 saturated carbocycles. The van der Waals surface area contributed by atoms with Crippen LogP contribution in [0.15, 0.2) is 59.2 Å². The summed E-state index contributed by atoms with van der Waals surface area (Å²) in [5, 5.41) is 0. The zero-order chi connectivity index (χ0) is 19.4. The molecule has 0 N–H and O–H groups in total. The van der Waals surface area contributed by atoms with Gasteiger partial charge in [-0.1, -0.05) is 58.4 Å². The van der Waals surface area contributed by atoms with Crippen LogP contribution in [0.1, 0.15) is 40.4 Å². The quantitative estimate of drug-likeness (QED) is 0.508. The Balaban J connectivity index is 1.83. The predicted octanol–water partition coefficient (Wildman–Crippen LogP) is 4.78. The van der Waals surface area contributed by atoms with Crippen molar-refractivity contribution >= 4 is 39.7 Å². The van der Waals surface area contributed by atoms with Crippen molar-refractivity contribution in [3.05, 3.63) is 75.9 Å². The number of halogens is 1. The Bertz CT molecular complexity index is 908. The van der Waals surface area contributed by atoms with Gasteiger partial charge in [0.15, 0.2) is 5.78 Å². The summed E-state index contributed by atoms with van der Waals surface area (Å²) in [6.45, 7) is 0. The van der Waals surface area contributed by atoms with Crippen LogP contribution < -0.4 is 0 Å². The van der Waals surface area contributed by atoms with Crippen molar-refractivity contribution in [1.82, 2.24) is 4.90 Å². The fourth-order valence-electron chi connectivity index (χ4n) is 3.12. The predicted molar refractivity (Wildman–Crippen MR) is 105 cm³/mol. The van der Waals surface area contributed by atoms with Crippen molar-refractivity contribution in [3.8, 4) is 0 Å². The zero-order valence-electron chi connectivity index (χ0n) is 14.7. The number of rotatable bonds is 5. The Morgan fingerprint density at radius 2 is 1.81 bits per heavy atom. The highest BCUT2D eigenvalue weighted by molar-refractivity contribution is 9.10. The van der Waals surface area contributed by atoms with E-state index in [4.69, 9.17) is 4.74 Å². The lowest BCUT2D eigenvalue weighted by atomic mass is 9.91. The highest BCUT2D eigenvalue weighted by Gasteiger charge is 2.31. The third kappa shape index (κ3) is 4.17. The summed E-state index contributed by atoms with van der Waals surface area (Å²) in [4.78, 5) is 38.5. The Morgan fingerprint density at radius 1 is 1.07 bits per heavy atom. The standard InChI is InChI=1S/C21H18BrNO4/c1-27-21(26)23-11-10-16-17(8-5-9-18(16)22)19(23)12-15(24)13-20(25)14-6-3-2-4-7-14/h2-11,19H,12-13H2,1H3. The van der Waals surface area contributed by atoms with Crippen molar-refractivity contribution in [1.29, 1.82) is 0 Å². The lowest BCUT2D eigenvalue weighted by molar-refractivity contribution is -0.119. The van der Waals surface area contributed by atoms with Gasteiger partial charge in [-0.3, -0.25) is 14.5 Å². The average Bonchev–Trinajstić information content (AvgIpc) is 2.68. The molecule has 1 unspecified atom stereocenters. The smallest absolute Gasteiger partial charge is 0.414 e. The number of methoxy groups -OCH3 is 1. The first-order valence-electron chi connectivity index (χ1n) is 8.44. The lowest BCUT2D eigenvalue weighted by Gasteiger charge is -2.32. The molecule has 3 rings (SSSR count). The molecule has 6 heteroatoms. The number of amides is 1. The number of ether oxygens (including phenoxy) is 1. The molecule has 27 heavy (non-hydrogen) atoms. The second-order valence-electron chi connectivity index (χ2n) is 6.16. The highest BCUT2D eigenvalue weighted by atomic mass is 79.9. The second kappa shape index (κ2) is 8.31. The number of Topliss-reactive ketones (excluding diaryl/α,β-unsaturated/α-hetero) is 2. The molecule has 1 aliphatic heterocycles. The average molecular weight is 428 g/mol. The van der Waals surface area contributed by atoms with Crippen LogP contribution in [0.2, 0.25) is 0 Å². The van der Waals surface area contributed by atoms with Gasteiger partial charge in [0.2, 0.25) is 0 Å². The van der Waals surface area contributed by atoms with Crippen LogP contribution in [-0.2, 0) is 9.53 Å². The van der Waals surface area contributed by atoms with Gasteiger partial charge in [-0.2, -0.15) is 0 Å². The molecule has 0 bridgehead atoms. The number of hydrogen-bond donors (Lipinski definition) is 0. The largest absolute Gasteiger partial charge is 0.452 e. The Labute approximate surface area is 165 Å². The van der Waals surface area contributed by atoms with Gasteiger partial charge in [0.05, 0.1) is 19.6 Å². The van der Waals surface area contributed by atoms with Gasteiger partial charge in [-0.15, -0.1) is 0 Å². The molecule has 1 amide bonds. The van der Waals surface area contributed by atoms with Crippen LogP contribution >= 0.6 is 15.9 Å². The molecule has 0 aliphatic carbocycles. The molecule has 1 heterocycles. The van der Waals surface area contributed by atoms with E-state index in [9.17, 15) is 14.4 Å². The lowest BCUT2D eigenvalue weighted by Crippen LogP contribution is -2.34. The summed E-state index contributed by atoms with van der Waals surface area (Å²) in [5.74, 6) is -0.463. The van der Waals surface area contributed by atoms with Gasteiger partial charge in [0, 0.05) is 22.7 Å². The summed E-state index contributed by atoms with van der Waals surface area (Å²) in [7, 11) is 1.30. The van der Waals surface area contributed by atoms with E-state index in [1.165, 1.54) is 12.0 Å². The first kappa shape index (κ1) is 19.0. The minimum atomic E-state index is -0.552. The van der Waals surface area contributed by atoms with Gasteiger partial charge >= 0.3 is 6.09 Å². The first-order chi connectivity index (χ1) is 13.0. The maximum atomic E-state index is 12.6. The number of fused-ring (bicyclic) bond motifs is 1. The van der Waals surface area contributed by atoms with Crippen molar-refractivity contribution in [2.45, 2.75) is 18.9 Å². The molecular formula is C21H18BrNO4. The SMILES string of the molecule is COC(=O)N1C=Cc2c(Br)cccc2C1CC(=O)CC(=O)c1ccccc1. The monoisotopic (exact) mass is 427 g/mol. The number of carbonyl (C=O) groups is 3. The third-order valence-corrected chi connectivity index (χ3v) is 5.13. The molecule has 2 aromatic carbocycles. The van der Waals surface area contributed by atoms with E-state index in [0.29, 0.717) is 5.56 Å². The molecule has 0 aromatic heterocycles. The summed E-state index contributed by atoms with van der Waals surface area (Å²) in [6, 6.07) is 13.8. The minimum Gasteiger partial charge on any atom is -0.452 e. The first-order valence-corrected chi connectivity index (χ1v) is 9.23. The molecule has 0 fully saturated rings. The summed E-state index contributed by atoms with van der Waals surface area (Å²) >= 11 is 3.50. The second-order valence-corrected chi connectivity index (χ2v) is 7.01. The van der Waals surface area contributed by atoms with Crippen LogP contribution in [0.3, 0.4) is 0 Å². The van der Waals surface area contributed by atoms with Crippen molar-refractivity contribution in [2.75, 3.05) is 7.11 Å². The van der Waals surface area contributed by atoms with Crippen LogP contribution in [-0.4, -0.2) is 29.7 Å². The van der Waals surface area contributed by atoms with E-state index in [2.05, 4.69) is 15.9 Å². The number of nitrogens with zero attached hydrogens (tertiary/aromatic N) is 1. The molecule has 2 aromatic rings. The highest BCUT2D eigenvalue weighted by Crippen LogP contribution is 2.37. The van der Waals surface area contributed by atoms with Crippen LogP contribution in [0.4, 0.5) is 4.79 Å². The number of benzene rings is 2. The number of carbonyl (C=O) groups excluding carboxylic acids is 3. The molecule has 1 aliphatic rings. The molecule has 138 valence electrons. The van der Waals surface area contributed by atoms with Crippen LogP contribution in [0, 0.1) is 0 Å². The maximum absolute atomic E-state index is 12.6. The summed E-state index contributed by atoms with van der Waals surface area (Å²) in [6.07, 6.45) is 2.68. The van der Waals surface area contributed by atoms with Crippen LogP contribution in [0.25, 0.3) is 6.08 Å². The minimum absolute atomic E-state index is 0.0292.